The Hall–Kier alpha value is -0.930. The number of hydrogen-bond donors (Lipinski definition) is 2. The first-order valence-corrected chi connectivity index (χ1v) is 4.40. The smallest absolute Gasteiger partial charge is 0.132 e. The zero-order valence-electron chi connectivity index (χ0n) is 7.26. The first-order chi connectivity index (χ1) is 6.24. The Morgan fingerprint density at radius 3 is 3.00 bits per heavy atom. The van der Waals surface area contributed by atoms with Crippen molar-refractivity contribution in [1.29, 1.82) is 0 Å². The summed E-state index contributed by atoms with van der Waals surface area (Å²) >= 11 is 0. The van der Waals surface area contributed by atoms with Crippen molar-refractivity contribution in [2.24, 2.45) is 5.73 Å². The van der Waals surface area contributed by atoms with Crippen LogP contribution in [0.1, 0.15) is 29.2 Å². The Kier molecular flexibility index (Phi) is 2.06. The second kappa shape index (κ2) is 3.09. The average Bonchev–Trinajstić information content (AvgIpc) is 2.50. The highest BCUT2D eigenvalue weighted by Gasteiger charge is 2.23. The topological polar surface area (TPSA) is 46.2 Å². The van der Waals surface area contributed by atoms with E-state index in [2.05, 4.69) is 0 Å². The van der Waals surface area contributed by atoms with Crippen LogP contribution in [-0.2, 0) is 13.0 Å². The van der Waals surface area contributed by atoms with Crippen molar-refractivity contribution in [2.75, 3.05) is 0 Å². The molecule has 0 unspecified atom stereocenters. The van der Waals surface area contributed by atoms with E-state index in [1.807, 2.05) is 6.07 Å². The summed E-state index contributed by atoms with van der Waals surface area (Å²) in [6.07, 6.45) is 1.50. The molecule has 0 spiro atoms. The molecule has 13 heavy (non-hydrogen) atoms. The number of nitrogens with two attached hydrogens (primary N) is 1. The van der Waals surface area contributed by atoms with E-state index in [-0.39, 0.29) is 18.5 Å². The summed E-state index contributed by atoms with van der Waals surface area (Å²) in [5.41, 5.74) is 7.74. The Bertz CT molecular complexity index is 338. The van der Waals surface area contributed by atoms with E-state index < -0.39 is 0 Å². The van der Waals surface area contributed by atoms with Gasteiger partial charge in [0.25, 0.3) is 0 Å². The second-order valence-corrected chi connectivity index (χ2v) is 3.41. The number of hydrogen-bond acceptors (Lipinski definition) is 2. The molecular formula is C10H12FNO. The monoisotopic (exact) mass is 181 g/mol. The molecule has 1 aromatic carbocycles. The van der Waals surface area contributed by atoms with E-state index >= 15 is 0 Å². The van der Waals surface area contributed by atoms with Crippen LogP contribution in [0.15, 0.2) is 12.1 Å². The van der Waals surface area contributed by atoms with Crippen LogP contribution in [0, 0.1) is 5.82 Å². The largest absolute Gasteiger partial charge is 0.392 e. The van der Waals surface area contributed by atoms with Crippen LogP contribution in [-0.4, -0.2) is 5.11 Å². The average molecular weight is 181 g/mol. The SMILES string of the molecule is N[C@H]1CCc2c1ccc(CO)c2F. The van der Waals surface area contributed by atoms with Crippen LogP contribution >= 0.6 is 0 Å². The quantitative estimate of drug-likeness (QED) is 0.685. The third kappa shape index (κ3) is 1.24. The molecule has 0 heterocycles. The highest BCUT2D eigenvalue weighted by Crippen LogP contribution is 2.32. The van der Waals surface area contributed by atoms with E-state index in [1.165, 1.54) is 0 Å². The highest BCUT2D eigenvalue weighted by atomic mass is 19.1. The van der Waals surface area contributed by atoms with E-state index in [4.69, 9.17) is 10.8 Å². The molecular weight excluding hydrogens is 169 g/mol. The minimum absolute atomic E-state index is 0.0303. The van der Waals surface area contributed by atoms with Gasteiger partial charge in [-0.25, -0.2) is 4.39 Å². The molecule has 2 nitrogen and oxygen atoms in total. The van der Waals surface area contributed by atoms with Crippen LogP contribution in [0.5, 0.6) is 0 Å². The molecule has 0 aromatic heterocycles. The van der Waals surface area contributed by atoms with E-state index in [9.17, 15) is 4.39 Å². The number of benzene rings is 1. The normalized spacial score (nSPS) is 20.4. The van der Waals surface area contributed by atoms with Gasteiger partial charge in [-0.15, -0.1) is 0 Å². The summed E-state index contributed by atoms with van der Waals surface area (Å²) in [7, 11) is 0. The third-order valence-electron chi connectivity index (χ3n) is 2.63. The molecule has 0 saturated carbocycles. The van der Waals surface area contributed by atoms with Gasteiger partial charge >= 0.3 is 0 Å². The molecule has 3 heteroatoms. The Morgan fingerprint density at radius 1 is 1.54 bits per heavy atom. The molecule has 0 saturated heterocycles. The fraction of sp³-hybridized carbons (Fsp3) is 0.400. The van der Waals surface area contributed by atoms with Gasteiger partial charge in [0.15, 0.2) is 0 Å². The second-order valence-electron chi connectivity index (χ2n) is 3.41. The molecule has 1 aromatic rings. The summed E-state index contributed by atoms with van der Waals surface area (Å²) in [4.78, 5) is 0. The van der Waals surface area contributed by atoms with Gasteiger partial charge in [-0.1, -0.05) is 12.1 Å². The predicted octanol–water partition coefficient (Wildman–Crippen LogP) is 1.26. The fourth-order valence-corrected chi connectivity index (χ4v) is 1.86. The fourth-order valence-electron chi connectivity index (χ4n) is 1.86. The first-order valence-electron chi connectivity index (χ1n) is 4.40. The maximum Gasteiger partial charge on any atom is 0.132 e. The molecule has 3 N–H and O–H groups in total. The van der Waals surface area contributed by atoms with Crippen molar-refractivity contribution in [3.05, 3.63) is 34.6 Å². The van der Waals surface area contributed by atoms with Crippen molar-refractivity contribution < 1.29 is 9.50 Å². The van der Waals surface area contributed by atoms with Crippen molar-refractivity contribution in [2.45, 2.75) is 25.5 Å². The number of rotatable bonds is 1. The lowest BCUT2D eigenvalue weighted by Gasteiger charge is -2.07. The van der Waals surface area contributed by atoms with Crippen LogP contribution in [0.4, 0.5) is 4.39 Å². The van der Waals surface area contributed by atoms with Crippen molar-refractivity contribution in [3.63, 3.8) is 0 Å². The Labute approximate surface area is 76.2 Å². The molecule has 0 radical (unpaired) electrons. The lowest BCUT2D eigenvalue weighted by Crippen LogP contribution is -2.06. The molecule has 0 amide bonds. The van der Waals surface area contributed by atoms with E-state index in [0.29, 0.717) is 17.5 Å². The lowest BCUT2D eigenvalue weighted by atomic mass is 10.0. The van der Waals surface area contributed by atoms with Gasteiger partial charge in [-0.05, 0) is 24.0 Å². The molecule has 0 fully saturated rings. The standard InChI is InChI=1S/C10H12FNO/c11-10-6(5-13)1-2-7-8(10)3-4-9(7)12/h1-2,9,13H,3-5,12H2/t9-/m0/s1. The van der Waals surface area contributed by atoms with Crippen LogP contribution in [0.3, 0.4) is 0 Å². The third-order valence-corrected chi connectivity index (χ3v) is 2.63. The lowest BCUT2D eigenvalue weighted by molar-refractivity contribution is 0.275. The molecule has 1 aliphatic rings. The number of aliphatic hydroxyl groups excluding tert-OH is 1. The van der Waals surface area contributed by atoms with E-state index in [0.717, 1.165) is 12.0 Å². The molecule has 1 atom stereocenters. The maximum atomic E-state index is 13.5. The van der Waals surface area contributed by atoms with Gasteiger partial charge in [0.1, 0.15) is 5.82 Å². The van der Waals surface area contributed by atoms with Gasteiger partial charge in [-0.3, -0.25) is 0 Å². The number of fused-ring (bicyclic) bond motifs is 1. The zero-order valence-corrected chi connectivity index (χ0v) is 7.26. The summed E-state index contributed by atoms with van der Waals surface area (Å²) in [6, 6.07) is 3.40. The maximum absolute atomic E-state index is 13.5. The van der Waals surface area contributed by atoms with Gasteiger partial charge < -0.3 is 10.8 Å². The summed E-state index contributed by atoms with van der Waals surface area (Å²) < 4.78 is 13.5. The first kappa shape index (κ1) is 8.66. The molecule has 1 aliphatic carbocycles. The minimum atomic E-state index is -0.270. The van der Waals surface area contributed by atoms with Gasteiger partial charge in [0, 0.05) is 11.6 Å². The van der Waals surface area contributed by atoms with Gasteiger partial charge in [0.05, 0.1) is 6.61 Å². The summed E-state index contributed by atoms with van der Waals surface area (Å²) in [5.74, 6) is -0.270. The van der Waals surface area contributed by atoms with Gasteiger partial charge in [-0.2, -0.15) is 0 Å². The number of halogens is 1. The molecule has 0 aliphatic heterocycles. The summed E-state index contributed by atoms with van der Waals surface area (Å²) in [6.45, 7) is -0.242. The Morgan fingerprint density at radius 2 is 2.31 bits per heavy atom. The highest BCUT2D eigenvalue weighted by molar-refractivity contribution is 5.39. The van der Waals surface area contributed by atoms with Crippen LogP contribution < -0.4 is 5.73 Å². The van der Waals surface area contributed by atoms with Crippen molar-refractivity contribution >= 4 is 0 Å². The molecule has 70 valence electrons. The van der Waals surface area contributed by atoms with Gasteiger partial charge in [0.2, 0.25) is 0 Å². The van der Waals surface area contributed by atoms with Crippen molar-refractivity contribution in [3.8, 4) is 0 Å². The van der Waals surface area contributed by atoms with Crippen molar-refractivity contribution in [1.82, 2.24) is 0 Å². The van der Waals surface area contributed by atoms with Crippen LogP contribution in [0.25, 0.3) is 0 Å². The van der Waals surface area contributed by atoms with E-state index in [1.54, 1.807) is 6.07 Å². The minimum Gasteiger partial charge on any atom is -0.392 e. The zero-order chi connectivity index (χ0) is 9.42. The number of aliphatic hydroxyl groups is 1. The Balaban J connectivity index is 2.54. The molecule has 2 rings (SSSR count). The van der Waals surface area contributed by atoms with Crippen LogP contribution in [0.2, 0.25) is 0 Å². The predicted molar refractivity (Wildman–Crippen MR) is 47.6 cm³/mol. The molecule has 0 bridgehead atoms. The summed E-state index contributed by atoms with van der Waals surface area (Å²) in [5, 5.41) is 8.84.